The molecule has 120 valence electrons. The highest BCUT2D eigenvalue weighted by molar-refractivity contribution is 5.93. The molecule has 3 fully saturated rings. The third-order valence-corrected chi connectivity index (χ3v) is 5.20. The maximum absolute atomic E-state index is 12.9. The van der Waals surface area contributed by atoms with Gasteiger partial charge in [-0.05, 0) is 43.7 Å². The van der Waals surface area contributed by atoms with Gasteiger partial charge in [0, 0.05) is 26.4 Å². The molecule has 22 heavy (non-hydrogen) atoms. The van der Waals surface area contributed by atoms with Gasteiger partial charge in [0.25, 0.3) is 5.91 Å². The first-order chi connectivity index (χ1) is 10.7. The highest BCUT2D eigenvalue weighted by atomic mass is 16.5. The monoisotopic (exact) mass is 304 g/mol. The minimum absolute atomic E-state index is 0.0484. The number of hydrogen-bond donors (Lipinski definition) is 0. The van der Waals surface area contributed by atoms with Crippen LogP contribution >= 0.6 is 0 Å². The van der Waals surface area contributed by atoms with Crippen molar-refractivity contribution in [1.29, 1.82) is 0 Å². The summed E-state index contributed by atoms with van der Waals surface area (Å²) in [5, 5.41) is 0. The molecule has 2 aliphatic carbocycles. The van der Waals surface area contributed by atoms with Gasteiger partial charge in [-0.25, -0.2) is 0 Å². The van der Waals surface area contributed by atoms with E-state index in [0.29, 0.717) is 13.2 Å². The third kappa shape index (κ3) is 2.57. The smallest absolute Gasteiger partial charge is 0.270 e. The lowest BCUT2D eigenvalue weighted by Crippen LogP contribution is -2.47. The van der Waals surface area contributed by atoms with Gasteiger partial charge >= 0.3 is 0 Å². The number of nitrogens with zero attached hydrogens (tertiary/aromatic N) is 2. The number of fused-ring (bicyclic) bond motifs is 2. The average Bonchev–Trinajstić information content (AvgIpc) is 3.13. The summed E-state index contributed by atoms with van der Waals surface area (Å²) in [7, 11) is 1.92. The molecule has 1 aromatic heterocycles. The lowest BCUT2D eigenvalue weighted by molar-refractivity contribution is -0.0557. The van der Waals surface area contributed by atoms with E-state index in [0.717, 1.165) is 31.1 Å². The predicted molar refractivity (Wildman–Crippen MR) is 81.7 cm³/mol. The van der Waals surface area contributed by atoms with E-state index in [-0.39, 0.29) is 24.2 Å². The number of hydrogen-bond acceptors (Lipinski definition) is 3. The number of amides is 1. The second kappa shape index (κ2) is 5.70. The van der Waals surface area contributed by atoms with Gasteiger partial charge in [-0.3, -0.25) is 4.79 Å². The van der Waals surface area contributed by atoms with Crippen molar-refractivity contribution in [2.24, 2.45) is 13.0 Å². The van der Waals surface area contributed by atoms with Gasteiger partial charge in [0.05, 0.1) is 18.8 Å². The molecule has 5 heteroatoms. The van der Waals surface area contributed by atoms with Gasteiger partial charge in [-0.1, -0.05) is 0 Å². The van der Waals surface area contributed by atoms with E-state index in [1.807, 2.05) is 34.8 Å². The Morgan fingerprint density at radius 1 is 1.36 bits per heavy atom. The number of aromatic nitrogens is 1. The highest BCUT2D eigenvalue weighted by Crippen LogP contribution is 2.35. The maximum Gasteiger partial charge on any atom is 0.270 e. The quantitative estimate of drug-likeness (QED) is 0.852. The van der Waals surface area contributed by atoms with Crippen LogP contribution in [0.5, 0.6) is 0 Å². The summed E-state index contributed by atoms with van der Waals surface area (Å²) in [6, 6.07) is 3.97. The number of ether oxygens (including phenoxy) is 2. The van der Waals surface area contributed by atoms with Gasteiger partial charge in [-0.15, -0.1) is 0 Å². The Labute approximate surface area is 131 Å². The van der Waals surface area contributed by atoms with Crippen LogP contribution in [0.3, 0.4) is 0 Å². The van der Waals surface area contributed by atoms with E-state index in [4.69, 9.17) is 9.47 Å². The van der Waals surface area contributed by atoms with Crippen molar-refractivity contribution in [3.05, 3.63) is 24.0 Å². The number of carbonyl (C=O) groups is 1. The van der Waals surface area contributed by atoms with Crippen molar-refractivity contribution in [2.45, 2.75) is 43.9 Å². The summed E-state index contributed by atoms with van der Waals surface area (Å²) in [4.78, 5) is 14.9. The molecule has 5 nitrogen and oxygen atoms in total. The standard InChI is InChI=1S/C17H24N2O3/c1-18-8-2-3-14(18)17(20)19-9-10-21-15-7-6-13(19)16(15)22-11-12-4-5-12/h2-3,8,12-13,15-16H,4-7,9-11H2,1H3/t13-,15-,16-/m0/s1. The highest BCUT2D eigenvalue weighted by Gasteiger charge is 2.45. The van der Waals surface area contributed by atoms with E-state index < -0.39 is 0 Å². The summed E-state index contributed by atoms with van der Waals surface area (Å²) in [6.45, 7) is 2.10. The molecule has 0 spiro atoms. The summed E-state index contributed by atoms with van der Waals surface area (Å²) in [6.07, 6.45) is 6.68. The van der Waals surface area contributed by atoms with Crippen molar-refractivity contribution in [2.75, 3.05) is 19.8 Å². The zero-order valence-corrected chi connectivity index (χ0v) is 13.1. The molecule has 2 saturated carbocycles. The van der Waals surface area contributed by atoms with Gasteiger partial charge in [0.1, 0.15) is 11.8 Å². The van der Waals surface area contributed by atoms with Crippen molar-refractivity contribution in [3.8, 4) is 0 Å². The van der Waals surface area contributed by atoms with E-state index in [9.17, 15) is 4.79 Å². The maximum atomic E-state index is 12.9. The fraction of sp³-hybridized carbons (Fsp3) is 0.706. The molecule has 1 aliphatic heterocycles. The first-order valence-electron chi connectivity index (χ1n) is 8.39. The summed E-state index contributed by atoms with van der Waals surface area (Å²) >= 11 is 0. The van der Waals surface area contributed by atoms with E-state index in [1.54, 1.807) is 0 Å². The summed E-state index contributed by atoms with van der Waals surface area (Å²) < 4.78 is 14.0. The molecule has 1 amide bonds. The fourth-order valence-corrected chi connectivity index (χ4v) is 3.72. The summed E-state index contributed by atoms with van der Waals surface area (Å²) in [5.74, 6) is 0.836. The Morgan fingerprint density at radius 3 is 2.95 bits per heavy atom. The number of rotatable bonds is 4. The van der Waals surface area contributed by atoms with Crippen LogP contribution in [-0.4, -0.2) is 53.4 Å². The molecular formula is C17H24N2O3. The second-order valence-electron chi connectivity index (χ2n) is 6.80. The Morgan fingerprint density at radius 2 is 2.23 bits per heavy atom. The largest absolute Gasteiger partial charge is 0.374 e. The SMILES string of the molecule is Cn1cccc1C(=O)N1CCO[C@H]2CC[C@H]1[C@@H]2OCC1CC1. The van der Waals surface area contributed by atoms with Crippen LogP contribution in [0.2, 0.25) is 0 Å². The molecular weight excluding hydrogens is 280 g/mol. The van der Waals surface area contributed by atoms with Crippen LogP contribution < -0.4 is 0 Å². The number of carbonyl (C=O) groups excluding carboxylic acids is 1. The lowest BCUT2D eigenvalue weighted by atomic mass is 10.1. The lowest BCUT2D eigenvalue weighted by Gasteiger charge is -2.31. The second-order valence-corrected chi connectivity index (χ2v) is 6.80. The molecule has 1 aromatic rings. The molecule has 0 radical (unpaired) electrons. The molecule has 2 heterocycles. The van der Waals surface area contributed by atoms with Gasteiger partial charge in [0.2, 0.25) is 0 Å². The van der Waals surface area contributed by atoms with E-state index in [2.05, 4.69) is 0 Å². The van der Waals surface area contributed by atoms with Crippen molar-refractivity contribution >= 4 is 5.91 Å². The average molecular weight is 304 g/mol. The predicted octanol–water partition coefficient (Wildman–Crippen LogP) is 1.82. The third-order valence-electron chi connectivity index (χ3n) is 5.20. The Hall–Kier alpha value is -1.33. The van der Waals surface area contributed by atoms with Gasteiger partial charge < -0.3 is 18.9 Å². The molecule has 2 bridgehead atoms. The number of aryl methyl sites for hydroxylation is 1. The molecule has 3 atom stereocenters. The zero-order chi connectivity index (χ0) is 15.1. The molecule has 1 saturated heterocycles. The van der Waals surface area contributed by atoms with E-state index in [1.165, 1.54) is 12.8 Å². The molecule has 3 aliphatic rings. The summed E-state index contributed by atoms with van der Waals surface area (Å²) in [5.41, 5.74) is 0.742. The van der Waals surface area contributed by atoms with Gasteiger partial charge in [-0.2, -0.15) is 0 Å². The van der Waals surface area contributed by atoms with E-state index >= 15 is 0 Å². The first kappa shape index (κ1) is 14.3. The van der Waals surface area contributed by atoms with Crippen molar-refractivity contribution in [1.82, 2.24) is 9.47 Å². The van der Waals surface area contributed by atoms with Crippen molar-refractivity contribution < 1.29 is 14.3 Å². The fourth-order valence-electron chi connectivity index (χ4n) is 3.72. The Bertz CT molecular complexity index is 552. The van der Waals surface area contributed by atoms with Crippen LogP contribution in [0.1, 0.15) is 36.2 Å². The van der Waals surface area contributed by atoms with Crippen molar-refractivity contribution in [3.63, 3.8) is 0 Å². The molecule has 0 aromatic carbocycles. The zero-order valence-electron chi connectivity index (χ0n) is 13.1. The molecule has 0 N–H and O–H groups in total. The first-order valence-corrected chi connectivity index (χ1v) is 8.39. The Kier molecular flexibility index (Phi) is 3.70. The molecule has 0 unspecified atom stereocenters. The molecule has 4 rings (SSSR count). The van der Waals surface area contributed by atoms with Gasteiger partial charge in [0.15, 0.2) is 0 Å². The van der Waals surface area contributed by atoms with Crippen LogP contribution in [0.15, 0.2) is 18.3 Å². The Balaban J connectivity index is 1.53. The van der Waals surface area contributed by atoms with Crippen LogP contribution in [-0.2, 0) is 16.5 Å². The van der Waals surface area contributed by atoms with Crippen LogP contribution in [0, 0.1) is 5.92 Å². The topological polar surface area (TPSA) is 43.7 Å². The normalized spacial score (nSPS) is 31.3. The van der Waals surface area contributed by atoms with Crippen LogP contribution in [0.4, 0.5) is 0 Å². The minimum atomic E-state index is 0.0484. The minimum Gasteiger partial charge on any atom is -0.374 e. The van der Waals surface area contributed by atoms with Crippen LogP contribution in [0.25, 0.3) is 0 Å².